The number of carbonyl (C=O) groups excluding carboxylic acids is 1. The first-order chi connectivity index (χ1) is 10.5. The third-order valence-corrected chi connectivity index (χ3v) is 3.96. The van der Waals surface area contributed by atoms with Gasteiger partial charge in [-0.3, -0.25) is 14.6 Å². The molecule has 2 aromatic heterocycles. The van der Waals surface area contributed by atoms with Crippen LogP contribution in [0.15, 0.2) is 29.0 Å². The number of hydrogen-bond acceptors (Lipinski definition) is 4. The van der Waals surface area contributed by atoms with Crippen molar-refractivity contribution in [1.29, 1.82) is 0 Å². The maximum atomic E-state index is 12.2. The van der Waals surface area contributed by atoms with Crippen LogP contribution in [-0.4, -0.2) is 28.5 Å². The van der Waals surface area contributed by atoms with Crippen LogP contribution >= 0.6 is 11.3 Å². The molecule has 0 aliphatic heterocycles. The van der Waals surface area contributed by atoms with Crippen LogP contribution in [0.5, 0.6) is 0 Å². The maximum absolute atomic E-state index is 12.2. The molecule has 6 heteroatoms. The van der Waals surface area contributed by atoms with Crippen molar-refractivity contribution in [3.8, 4) is 11.3 Å². The molecule has 0 spiro atoms. The number of carbonyl (C=O) groups is 2. The second-order valence-corrected chi connectivity index (χ2v) is 6.03. The van der Waals surface area contributed by atoms with E-state index in [1.807, 2.05) is 22.9 Å². The first-order valence-electron chi connectivity index (χ1n) is 6.97. The molecule has 1 unspecified atom stereocenters. The number of hydrogen-bond donors (Lipinski definition) is 2. The molecule has 2 aromatic rings. The number of thiophene rings is 1. The molecule has 0 saturated heterocycles. The lowest BCUT2D eigenvalue weighted by Gasteiger charge is -2.12. The monoisotopic (exact) mass is 318 g/mol. The van der Waals surface area contributed by atoms with Gasteiger partial charge in [0.2, 0.25) is 0 Å². The first kappa shape index (κ1) is 16.2. The van der Waals surface area contributed by atoms with Gasteiger partial charge in [-0.05, 0) is 36.4 Å². The molecule has 0 fully saturated rings. The molecule has 116 valence electrons. The van der Waals surface area contributed by atoms with Gasteiger partial charge >= 0.3 is 5.97 Å². The van der Waals surface area contributed by atoms with Crippen LogP contribution < -0.4 is 5.32 Å². The highest BCUT2D eigenvalue weighted by Crippen LogP contribution is 2.21. The summed E-state index contributed by atoms with van der Waals surface area (Å²) in [6.07, 6.45) is 0.0363. The van der Waals surface area contributed by atoms with Crippen molar-refractivity contribution < 1.29 is 14.7 Å². The third kappa shape index (κ3) is 4.14. The minimum atomic E-state index is -0.861. The Morgan fingerprint density at radius 1 is 1.36 bits per heavy atom. The van der Waals surface area contributed by atoms with Gasteiger partial charge in [-0.1, -0.05) is 6.92 Å². The zero-order valence-corrected chi connectivity index (χ0v) is 13.3. The van der Waals surface area contributed by atoms with Crippen molar-refractivity contribution >= 4 is 23.2 Å². The molecule has 0 aromatic carbocycles. The summed E-state index contributed by atoms with van der Waals surface area (Å²) in [7, 11) is 0. The van der Waals surface area contributed by atoms with Gasteiger partial charge in [-0.2, -0.15) is 11.3 Å². The molecule has 0 bridgehead atoms. The summed E-state index contributed by atoms with van der Waals surface area (Å²) < 4.78 is 0. The van der Waals surface area contributed by atoms with Gasteiger partial charge in [-0.15, -0.1) is 0 Å². The van der Waals surface area contributed by atoms with Crippen LogP contribution in [0.1, 0.15) is 29.4 Å². The van der Waals surface area contributed by atoms with Crippen molar-refractivity contribution in [1.82, 2.24) is 10.3 Å². The highest BCUT2D eigenvalue weighted by molar-refractivity contribution is 7.08. The Labute approximate surface area is 133 Å². The van der Waals surface area contributed by atoms with E-state index >= 15 is 0 Å². The largest absolute Gasteiger partial charge is 0.481 e. The molecule has 1 atom stereocenters. The minimum Gasteiger partial charge on any atom is -0.481 e. The normalized spacial score (nSPS) is 11.9. The van der Waals surface area contributed by atoms with E-state index in [-0.39, 0.29) is 18.2 Å². The highest BCUT2D eigenvalue weighted by Gasteiger charge is 2.14. The van der Waals surface area contributed by atoms with E-state index in [2.05, 4.69) is 10.3 Å². The lowest BCUT2D eigenvalue weighted by molar-refractivity contribution is -0.137. The van der Waals surface area contributed by atoms with Gasteiger partial charge in [0.05, 0.1) is 17.0 Å². The molecular formula is C16H18N2O3S. The molecule has 5 nitrogen and oxygen atoms in total. The van der Waals surface area contributed by atoms with Crippen LogP contribution in [0.25, 0.3) is 11.3 Å². The van der Waals surface area contributed by atoms with Crippen molar-refractivity contribution in [2.45, 2.75) is 20.3 Å². The standard InChI is InChI=1S/C16H18N2O3S/c1-10(7-15(19)20)8-17-16(21)13-3-4-14(18-11(13)2)12-5-6-22-9-12/h3-6,9-10H,7-8H2,1-2H3,(H,17,21)(H,19,20). The number of pyridine rings is 1. The van der Waals surface area contributed by atoms with E-state index in [1.165, 1.54) is 0 Å². The Balaban J connectivity index is 2.03. The molecule has 22 heavy (non-hydrogen) atoms. The number of nitrogens with zero attached hydrogens (tertiary/aromatic N) is 1. The SMILES string of the molecule is Cc1nc(-c2ccsc2)ccc1C(=O)NCC(C)CC(=O)O. The Morgan fingerprint density at radius 3 is 2.73 bits per heavy atom. The fraction of sp³-hybridized carbons (Fsp3) is 0.312. The van der Waals surface area contributed by atoms with Crippen LogP contribution in [0.2, 0.25) is 0 Å². The second kappa shape index (κ2) is 7.17. The van der Waals surface area contributed by atoms with E-state index in [0.717, 1.165) is 11.3 Å². The highest BCUT2D eigenvalue weighted by atomic mass is 32.1. The molecule has 0 saturated carbocycles. The van der Waals surface area contributed by atoms with Gasteiger partial charge in [0, 0.05) is 23.9 Å². The zero-order chi connectivity index (χ0) is 16.1. The molecule has 1 amide bonds. The fourth-order valence-electron chi connectivity index (χ4n) is 2.10. The summed E-state index contributed by atoms with van der Waals surface area (Å²) in [4.78, 5) is 27.2. The van der Waals surface area contributed by atoms with Crippen molar-refractivity contribution in [2.75, 3.05) is 6.54 Å². The number of aromatic nitrogens is 1. The van der Waals surface area contributed by atoms with E-state index in [4.69, 9.17) is 5.11 Å². The van der Waals surface area contributed by atoms with Gasteiger partial charge in [0.15, 0.2) is 0 Å². The summed E-state index contributed by atoms with van der Waals surface area (Å²) in [6.45, 7) is 3.92. The van der Waals surface area contributed by atoms with E-state index in [9.17, 15) is 9.59 Å². The number of nitrogens with one attached hydrogen (secondary N) is 1. The lowest BCUT2D eigenvalue weighted by Crippen LogP contribution is -2.29. The minimum absolute atomic E-state index is 0.0363. The number of rotatable bonds is 6. The quantitative estimate of drug-likeness (QED) is 0.858. The molecule has 2 heterocycles. The third-order valence-electron chi connectivity index (χ3n) is 3.28. The second-order valence-electron chi connectivity index (χ2n) is 5.25. The van der Waals surface area contributed by atoms with Crippen molar-refractivity contribution in [3.63, 3.8) is 0 Å². The molecule has 0 aliphatic carbocycles. The van der Waals surface area contributed by atoms with Crippen LogP contribution in [0.4, 0.5) is 0 Å². The van der Waals surface area contributed by atoms with E-state index in [1.54, 1.807) is 31.3 Å². The van der Waals surface area contributed by atoms with Gasteiger partial charge in [0.1, 0.15) is 0 Å². The van der Waals surface area contributed by atoms with Gasteiger partial charge in [-0.25, -0.2) is 0 Å². The number of carboxylic acid groups (broad SMARTS) is 1. The smallest absolute Gasteiger partial charge is 0.303 e. The molecule has 2 N–H and O–H groups in total. The Morgan fingerprint density at radius 2 is 2.14 bits per heavy atom. The number of carboxylic acids is 1. The topological polar surface area (TPSA) is 79.3 Å². The Bertz CT molecular complexity index is 668. The Hall–Kier alpha value is -2.21. The van der Waals surface area contributed by atoms with Gasteiger partial charge < -0.3 is 10.4 Å². The summed E-state index contributed by atoms with van der Waals surface area (Å²) in [5, 5.41) is 15.5. The maximum Gasteiger partial charge on any atom is 0.303 e. The Kier molecular flexibility index (Phi) is 5.27. The van der Waals surface area contributed by atoms with Crippen LogP contribution in [0, 0.1) is 12.8 Å². The number of amides is 1. The van der Waals surface area contributed by atoms with E-state index in [0.29, 0.717) is 17.8 Å². The van der Waals surface area contributed by atoms with Gasteiger partial charge in [0.25, 0.3) is 5.91 Å². The van der Waals surface area contributed by atoms with Crippen molar-refractivity contribution in [3.05, 3.63) is 40.2 Å². The van der Waals surface area contributed by atoms with E-state index < -0.39 is 5.97 Å². The average molecular weight is 318 g/mol. The van der Waals surface area contributed by atoms with Crippen LogP contribution in [-0.2, 0) is 4.79 Å². The average Bonchev–Trinajstić information content (AvgIpc) is 2.98. The molecular weight excluding hydrogens is 300 g/mol. The number of aryl methyl sites for hydroxylation is 1. The molecule has 0 aliphatic rings. The lowest BCUT2D eigenvalue weighted by atomic mass is 10.1. The molecule has 2 rings (SSSR count). The summed E-state index contributed by atoms with van der Waals surface area (Å²) in [5.41, 5.74) is 3.05. The number of aliphatic carboxylic acids is 1. The summed E-state index contributed by atoms with van der Waals surface area (Å²) in [6, 6.07) is 5.57. The van der Waals surface area contributed by atoms with Crippen molar-refractivity contribution in [2.24, 2.45) is 5.92 Å². The summed E-state index contributed by atoms with van der Waals surface area (Å²) in [5.74, 6) is -1.20. The first-order valence-corrected chi connectivity index (χ1v) is 7.92. The predicted octanol–water partition coefficient (Wildman–Crippen LogP) is 2.96. The zero-order valence-electron chi connectivity index (χ0n) is 12.5. The van der Waals surface area contributed by atoms with Crippen LogP contribution in [0.3, 0.4) is 0 Å². The molecule has 0 radical (unpaired) electrons. The fourth-order valence-corrected chi connectivity index (χ4v) is 2.75. The predicted molar refractivity (Wildman–Crippen MR) is 86.0 cm³/mol. The summed E-state index contributed by atoms with van der Waals surface area (Å²) >= 11 is 1.60.